The third-order valence-electron chi connectivity index (χ3n) is 23.3. The highest BCUT2D eigenvalue weighted by atomic mass is 31.2. The number of aliphatic hydroxyl groups is 9. The van der Waals surface area contributed by atoms with Gasteiger partial charge in [-0.05, 0) is 51.4 Å². The molecule has 25 nitrogen and oxygen atoms in total. The van der Waals surface area contributed by atoms with Crippen molar-refractivity contribution in [2.75, 3.05) is 26.4 Å². The van der Waals surface area contributed by atoms with E-state index in [-0.39, 0.29) is 25.7 Å². The standard InChI is InChI=1S/C91H169O25P/c1-5-9-13-17-21-25-29-33-35-37-41-45-49-53-57-61-65-76(95)110-71(68-107-74(93)63-59-55-51-47-43-39-31-27-23-19-15-11-7-3)69-109-117(105,106)116-89-87(114-90-84(103)80(99)78(97)72(67-92)111-90)83(102)82(101)86(113-77(96)66-62-58-54-50-46-42-38-36-34-30-26-22-18-14-10-6-2)88(89)115-91-85(104)81(100)79(98)73(112-91)70-108-75(94)64-60-56-52-48-44-40-32-28-24-20-16-12-8-4/h39,43,71-73,78-92,97-104H,5-38,40-42,44-70H2,1-4H3,(H,105,106)/b43-39-. The molecule has 0 bridgehead atoms. The first-order valence-corrected chi connectivity index (χ1v) is 48.9. The molecule has 18 unspecified atom stereocenters. The van der Waals surface area contributed by atoms with Gasteiger partial charge in [0.2, 0.25) is 0 Å². The van der Waals surface area contributed by atoms with Crippen LogP contribution in [0.3, 0.4) is 0 Å². The molecule has 3 aliphatic rings. The van der Waals surface area contributed by atoms with Gasteiger partial charge in [-0.25, -0.2) is 4.57 Å². The van der Waals surface area contributed by atoms with Crippen LogP contribution in [0.1, 0.15) is 413 Å². The summed E-state index contributed by atoms with van der Waals surface area (Å²) in [7, 11) is -5.81. The quantitative estimate of drug-likeness (QED) is 0.00889. The molecule has 18 atom stereocenters. The highest BCUT2D eigenvalue weighted by molar-refractivity contribution is 7.47. The van der Waals surface area contributed by atoms with Gasteiger partial charge in [-0.15, -0.1) is 0 Å². The summed E-state index contributed by atoms with van der Waals surface area (Å²) >= 11 is 0. The number of phosphoric ester groups is 1. The number of carbonyl (C=O) groups is 4. The highest BCUT2D eigenvalue weighted by Gasteiger charge is 2.60. The number of allylic oxidation sites excluding steroid dienone is 2. The maximum absolute atomic E-state index is 14.9. The largest absolute Gasteiger partial charge is 0.472 e. The maximum Gasteiger partial charge on any atom is 0.472 e. The molecular formula is C91H169O25P. The molecule has 2 aliphatic heterocycles. The molecule has 26 heteroatoms. The van der Waals surface area contributed by atoms with Crippen LogP contribution < -0.4 is 0 Å². The average molecular weight is 1690 g/mol. The molecule has 3 rings (SSSR count). The highest BCUT2D eigenvalue weighted by Crippen LogP contribution is 2.49. The summed E-state index contributed by atoms with van der Waals surface area (Å²) in [6.07, 6.45) is 29.1. The van der Waals surface area contributed by atoms with Crippen LogP contribution in [0.25, 0.3) is 0 Å². The Kier molecular flexibility index (Phi) is 65.3. The van der Waals surface area contributed by atoms with E-state index in [0.29, 0.717) is 32.1 Å². The third kappa shape index (κ3) is 50.7. The Morgan fingerprint density at radius 3 is 1.03 bits per heavy atom. The molecule has 1 saturated carbocycles. The second-order valence-electron chi connectivity index (χ2n) is 33.9. The van der Waals surface area contributed by atoms with Gasteiger partial charge in [0, 0.05) is 25.7 Å². The fourth-order valence-corrected chi connectivity index (χ4v) is 16.7. The van der Waals surface area contributed by atoms with Crippen LogP contribution in [0.4, 0.5) is 0 Å². The fraction of sp³-hybridized carbons (Fsp3) is 0.934. The predicted molar refractivity (Wildman–Crippen MR) is 453 cm³/mol. The SMILES string of the molecule is CCCCCCCC/C=C\CCCCCC(=O)OCC(COP(=O)(O)OC1C(OC2OC(CO)C(O)C(O)C2O)C(O)C(O)C(OC(=O)CCCCCCCCCCCCCCCCCC)C1OC1OC(COC(=O)CCCCCCCCCCCCCCC)C(O)C(O)C1O)OC(=O)CCCCCCCCCCCCCCCCCC. The van der Waals surface area contributed by atoms with Crippen LogP contribution in [0.2, 0.25) is 0 Å². The molecular weight excluding hydrogens is 1520 g/mol. The molecule has 2 saturated heterocycles. The molecule has 1 aliphatic carbocycles. The van der Waals surface area contributed by atoms with Gasteiger partial charge < -0.3 is 88.7 Å². The Morgan fingerprint density at radius 2 is 0.641 bits per heavy atom. The zero-order valence-electron chi connectivity index (χ0n) is 73.3. The summed E-state index contributed by atoms with van der Waals surface area (Å²) in [5.74, 6) is -2.97. The van der Waals surface area contributed by atoms with Crippen molar-refractivity contribution in [1.82, 2.24) is 0 Å². The molecule has 0 aromatic carbocycles. The van der Waals surface area contributed by atoms with Crippen molar-refractivity contribution in [2.24, 2.45) is 0 Å². The molecule has 0 aromatic heterocycles. The van der Waals surface area contributed by atoms with E-state index >= 15 is 0 Å². The van der Waals surface area contributed by atoms with E-state index in [4.69, 9.17) is 46.9 Å². The number of phosphoric acid groups is 1. The van der Waals surface area contributed by atoms with Crippen molar-refractivity contribution < 1.29 is 122 Å². The Balaban J connectivity index is 1.92. The Labute approximate surface area is 705 Å². The van der Waals surface area contributed by atoms with E-state index in [0.717, 1.165) is 128 Å². The van der Waals surface area contributed by atoms with Crippen LogP contribution in [0.5, 0.6) is 0 Å². The molecule has 688 valence electrons. The normalized spacial score (nSPS) is 25.0. The number of hydrogen-bond donors (Lipinski definition) is 10. The zero-order valence-corrected chi connectivity index (χ0v) is 74.2. The summed E-state index contributed by atoms with van der Waals surface area (Å²) < 4.78 is 73.4. The van der Waals surface area contributed by atoms with Crippen LogP contribution in [-0.4, -0.2) is 205 Å². The van der Waals surface area contributed by atoms with Crippen LogP contribution in [-0.2, 0) is 70.7 Å². The molecule has 10 N–H and O–H groups in total. The lowest BCUT2D eigenvalue weighted by atomic mass is 9.84. The van der Waals surface area contributed by atoms with Gasteiger partial charge in [-0.1, -0.05) is 348 Å². The molecule has 0 amide bonds. The number of hydrogen-bond acceptors (Lipinski definition) is 24. The number of esters is 4. The second-order valence-corrected chi connectivity index (χ2v) is 35.3. The second kappa shape index (κ2) is 70.5. The lowest BCUT2D eigenvalue weighted by molar-refractivity contribution is -0.360. The Morgan fingerprint density at radius 1 is 0.333 bits per heavy atom. The molecule has 0 aromatic rings. The number of carbonyl (C=O) groups excluding carboxylic acids is 4. The van der Waals surface area contributed by atoms with Crippen molar-refractivity contribution in [3.05, 3.63) is 12.2 Å². The Hall–Kier alpha value is -2.79. The molecule has 3 fully saturated rings. The molecule has 0 radical (unpaired) electrons. The van der Waals surface area contributed by atoms with E-state index in [1.165, 1.54) is 199 Å². The van der Waals surface area contributed by atoms with Crippen molar-refractivity contribution in [2.45, 2.75) is 517 Å². The van der Waals surface area contributed by atoms with Gasteiger partial charge in [-0.2, -0.15) is 0 Å². The summed E-state index contributed by atoms with van der Waals surface area (Å²) in [5.41, 5.74) is 0. The first-order valence-electron chi connectivity index (χ1n) is 47.4. The van der Waals surface area contributed by atoms with E-state index in [1.807, 2.05) is 0 Å². The first kappa shape index (κ1) is 108. The summed E-state index contributed by atoms with van der Waals surface area (Å²) in [6, 6.07) is 0. The van der Waals surface area contributed by atoms with Crippen molar-refractivity contribution in [3.63, 3.8) is 0 Å². The van der Waals surface area contributed by atoms with Gasteiger partial charge >= 0.3 is 31.7 Å². The topological polar surface area (TPSA) is 380 Å². The fourth-order valence-electron chi connectivity index (χ4n) is 15.7. The Bertz CT molecular complexity index is 2480. The van der Waals surface area contributed by atoms with Crippen LogP contribution >= 0.6 is 7.82 Å². The smallest absolute Gasteiger partial charge is 0.463 e. The van der Waals surface area contributed by atoms with E-state index < -0.39 is 162 Å². The maximum atomic E-state index is 14.9. The van der Waals surface area contributed by atoms with Gasteiger partial charge in [-0.3, -0.25) is 28.2 Å². The number of unbranched alkanes of at least 4 members (excludes halogenated alkanes) is 51. The lowest BCUT2D eigenvalue weighted by Crippen LogP contribution is -2.70. The average Bonchev–Trinajstić information content (AvgIpc) is 0.754. The zero-order chi connectivity index (χ0) is 85.4. The third-order valence-corrected chi connectivity index (χ3v) is 24.3. The van der Waals surface area contributed by atoms with Crippen LogP contribution in [0, 0.1) is 0 Å². The predicted octanol–water partition coefficient (Wildman–Crippen LogP) is 17.6. The number of ether oxygens (including phenoxy) is 8. The van der Waals surface area contributed by atoms with E-state index in [9.17, 15) is 74.6 Å². The van der Waals surface area contributed by atoms with Gasteiger partial charge in [0.05, 0.1) is 13.2 Å². The van der Waals surface area contributed by atoms with Gasteiger partial charge in [0.15, 0.2) is 24.8 Å². The van der Waals surface area contributed by atoms with E-state index in [1.54, 1.807) is 0 Å². The number of rotatable bonds is 77. The summed E-state index contributed by atoms with van der Waals surface area (Å²) in [6.45, 7) is 5.60. The number of aliphatic hydroxyl groups excluding tert-OH is 9. The molecule has 2 heterocycles. The van der Waals surface area contributed by atoms with E-state index in [2.05, 4.69) is 39.8 Å². The molecule has 0 spiro atoms. The minimum atomic E-state index is -5.81. The minimum Gasteiger partial charge on any atom is -0.463 e. The monoisotopic (exact) mass is 1690 g/mol. The lowest BCUT2D eigenvalue weighted by Gasteiger charge is -2.50. The summed E-state index contributed by atoms with van der Waals surface area (Å²) in [4.78, 5) is 66.4. The summed E-state index contributed by atoms with van der Waals surface area (Å²) in [5, 5.41) is 102. The van der Waals surface area contributed by atoms with Crippen molar-refractivity contribution >= 4 is 31.7 Å². The van der Waals surface area contributed by atoms with Gasteiger partial charge in [0.1, 0.15) is 92.6 Å². The van der Waals surface area contributed by atoms with Crippen molar-refractivity contribution in [3.8, 4) is 0 Å². The molecule has 117 heavy (non-hydrogen) atoms. The first-order chi connectivity index (χ1) is 56.7. The van der Waals surface area contributed by atoms with Crippen molar-refractivity contribution in [1.29, 1.82) is 0 Å². The minimum absolute atomic E-state index is 0.0168. The van der Waals surface area contributed by atoms with Gasteiger partial charge in [0.25, 0.3) is 0 Å². The van der Waals surface area contributed by atoms with Crippen LogP contribution in [0.15, 0.2) is 12.2 Å².